The Morgan fingerprint density at radius 3 is 2.65 bits per heavy atom. The Morgan fingerprint density at radius 2 is 1.92 bits per heavy atom. The molecule has 37 heavy (non-hydrogen) atoms. The van der Waals surface area contributed by atoms with Gasteiger partial charge in [-0.3, -0.25) is 14.5 Å². The molecule has 4 heterocycles. The van der Waals surface area contributed by atoms with E-state index in [2.05, 4.69) is 20.0 Å². The Morgan fingerprint density at radius 1 is 1.11 bits per heavy atom. The molecule has 1 saturated heterocycles. The molecule has 1 aromatic carbocycles. The van der Waals surface area contributed by atoms with Crippen molar-refractivity contribution < 1.29 is 9.59 Å². The maximum absolute atomic E-state index is 13.8. The Hall–Kier alpha value is -3.11. The Kier molecular flexibility index (Phi) is 7.66. The molecule has 0 saturated carbocycles. The molecule has 0 radical (unpaired) electrons. The Bertz CT molecular complexity index is 1240. The normalized spacial score (nSPS) is 20.8. The van der Waals surface area contributed by atoms with Crippen molar-refractivity contribution in [2.45, 2.75) is 78.2 Å². The number of carbonyl (C=O) groups excluding carboxylic acids is 2. The smallest absolute Gasteiger partial charge is 0.244 e. The summed E-state index contributed by atoms with van der Waals surface area (Å²) in [6.07, 6.45) is 5.97. The lowest BCUT2D eigenvalue weighted by Gasteiger charge is -2.43. The number of para-hydroxylation sites is 1. The van der Waals surface area contributed by atoms with Crippen molar-refractivity contribution in [1.29, 1.82) is 0 Å². The SMILES string of the molecule is CC(=O)N1CCC2CCCC(CN(C(=O)Cn3nc(C)nc3C)Cc3ccccc31)N2Cc1nccs1. The van der Waals surface area contributed by atoms with Gasteiger partial charge in [-0.1, -0.05) is 24.6 Å². The standard InChI is InChI=1S/C27H35N7O2S/c1-19-29-20(2)34(30-19)18-27(36)31-15-22-7-4-5-10-25(22)32(21(3)35)13-11-23-8-6-9-24(16-31)33(23)17-26-28-12-14-37-26/h4-5,7,10,12,14,23-24H,6,8-9,11,13,15-18H2,1-3H3. The average molecular weight is 522 g/mol. The minimum atomic E-state index is 0.00717. The van der Waals surface area contributed by atoms with Gasteiger partial charge in [0, 0.05) is 55.9 Å². The minimum Gasteiger partial charge on any atom is -0.335 e. The summed E-state index contributed by atoms with van der Waals surface area (Å²) in [6, 6.07) is 8.54. The molecule has 0 N–H and O–H groups in total. The molecule has 2 aliphatic rings. The van der Waals surface area contributed by atoms with Gasteiger partial charge < -0.3 is 9.80 Å². The number of aromatic nitrogens is 4. The largest absolute Gasteiger partial charge is 0.335 e. The highest BCUT2D eigenvalue weighted by molar-refractivity contribution is 7.09. The van der Waals surface area contributed by atoms with Crippen molar-refractivity contribution in [2.75, 3.05) is 18.0 Å². The fraction of sp³-hybridized carbons (Fsp3) is 0.519. The second-order valence-corrected chi connectivity index (χ2v) is 11.0. The molecule has 2 aliphatic heterocycles. The van der Waals surface area contributed by atoms with Crippen molar-refractivity contribution in [3.05, 3.63) is 58.1 Å². The number of thiazole rings is 1. The molecule has 2 amide bonds. The van der Waals surface area contributed by atoms with Gasteiger partial charge in [0.1, 0.15) is 23.2 Å². The summed E-state index contributed by atoms with van der Waals surface area (Å²) in [5.41, 5.74) is 1.88. The van der Waals surface area contributed by atoms with Gasteiger partial charge in [-0.15, -0.1) is 11.3 Å². The van der Waals surface area contributed by atoms with Crippen LogP contribution >= 0.6 is 11.3 Å². The van der Waals surface area contributed by atoms with Crippen LogP contribution in [0.1, 0.15) is 54.8 Å². The molecule has 2 atom stereocenters. The minimum absolute atomic E-state index is 0.00717. The quantitative estimate of drug-likeness (QED) is 0.522. The van der Waals surface area contributed by atoms with Crippen molar-refractivity contribution >= 4 is 28.8 Å². The summed E-state index contributed by atoms with van der Waals surface area (Å²) in [7, 11) is 0. The van der Waals surface area contributed by atoms with Gasteiger partial charge in [-0.05, 0) is 44.7 Å². The molecule has 2 unspecified atom stereocenters. The number of rotatable bonds is 4. The number of nitrogens with zero attached hydrogens (tertiary/aromatic N) is 7. The Balaban J connectivity index is 1.52. The van der Waals surface area contributed by atoms with Crippen LogP contribution in [-0.4, -0.2) is 66.5 Å². The summed E-state index contributed by atoms with van der Waals surface area (Å²) >= 11 is 1.67. The Labute approximate surface area is 222 Å². The zero-order valence-electron chi connectivity index (χ0n) is 21.8. The predicted molar refractivity (Wildman–Crippen MR) is 143 cm³/mol. The van der Waals surface area contributed by atoms with E-state index in [1.807, 2.05) is 59.5 Å². The van der Waals surface area contributed by atoms with Gasteiger partial charge in [0.15, 0.2) is 0 Å². The molecule has 2 bridgehead atoms. The van der Waals surface area contributed by atoms with Gasteiger partial charge in [-0.2, -0.15) is 5.10 Å². The van der Waals surface area contributed by atoms with Crippen molar-refractivity contribution in [3.8, 4) is 0 Å². The van der Waals surface area contributed by atoms with Crippen LogP contribution in [0.5, 0.6) is 0 Å². The van der Waals surface area contributed by atoms with Crippen LogP contribution in [0.25, 0.3) is 0 Å². The zero-order chi connectivity index (χ0) is 25.9. The van der Waals surface area contributed by atoms with Crippen LogP contribution < -0.4 is 4.90 Å². The first-order valence-electron chi connectivity index (χ1n) is 13.0. The molecule has 2 aromatic heterocycles. The van der Waals surface area contributed by atoms with Crippen molar-refractivity contribution in [1.82, 2.24) is 29.5 Å². The first kappa shape index (κ1) is 25.5. The number of anilines is 1. The molecule has 10 heteroatoms. The number of fused-ring (bicyclic) bond motifs is 3. The first-order valence-corrected chi connectivity index (χ1v) is 13.9. The molecule has 1 fully saturated rings. The van der Waals surface area contributed by atoms with Gasteiger partial charge in [0.05, 0.1) is 6.54 Å². The summed E-state index contributed by atoms with van der Waals surface area (Å²) in [4.78, 5) is 42.0. The lowest BCUT2D eigenvalue weighted by atomic mass is 9.93. The van der Waals surface area contributed by atoms with Crippen LogP contribution in [0.4, 0.5) is 5.69 Å². The number of hydrogen-bond acceptors (Lipinski definition) is 7. The van der Waals surface area contributed by atoms with E-state index in [0.717, 1.165) is 54.3 Å². The van der Waals surface area contributed by atoms with Crippen LogP contribution in [0.2, 0.25) is 0 Å². The van der Waals surface area contributed by atoms with E-state index in [9.17, 15) is 9.59 Å². The monoisotopic (exact) mass is 521 g/mol. The van der Waals surface area contributed by atoms with Crippen LogP contribution in [0.15, 0.2) is 35.8 Å². The maximum atomic E-state index is 13.8. The highest BCUT2D eigenvalue weighted by Gasteiger charge is 2.35. The first-order chi connectivity index (χ1) is 17.9. The van der Waals surface area contributed by atoms with E-state index < -0.39 is 0 Å². The second kappa shape index (κ2) is 11.1. The predicted octanol–water partition coefficient (Wildman–Crippen LogP) is 3.56. The summed E-state index contributed by atoms with van der Waals surface area (Å²) in [6.45, 7) is 7.99. The van der Waals surface area contributed by atoms with E-state index in [1.165, 1.54) is 0 Å². The topological polar surface area (TPSA) is 87.5 Å². The number of piperidine rings is 1. The summed E-state index contributed by atoms with van der Waals surface area (Å²) in [5.74, 6) is 1.43. The highest BCUT2D eigenvalue weighted by atomic mass is 32.1. The van der Waals surface area contributed by atoms with Crippen LogP contribution in [-0.2, 0) is 29.2 Å². The van der Waals surface area contributed by atoms with E-state index in [0.29, 0.717) is 31.5 Å². The lowest BCUT2D eigenvalue weighted by Crippen LogP contribution is -2.52. The van der Waals surface area contributed by atoms with Crippen molar-refractivity contribution in [3.63, 3.8) is 0 Å². The second-order valence-electron chi connectivity index (χ2n) is 10.1. The molecule has 5 rings (SSSR count). The van der Waals surface area contributed by atoms with Gasteiger partial charge in [-0.25, -0.2) is 14.6 Å². The maximum Gasteiger partial charge on any atom is 0.244 e. The third-order valence-electron chi connectivity index (χ3n) is 7.56. The number of amides is 2. The number of benzene rings is 1. The highest BCUT2D eigenvalue weighted by Crippen LogP contribution is 2.32. The van der Waals surface area contributed by atoms with Gasteiger partial charge >= 0.3 is 0 Å². The zero-order valence-corrected chi connectivity index (χ0v) is 22.7. The van der Waals surface area contributed by atoms with Crippen LogP contribution in [0, 0.1) is 13.8 Å². The van der Waals surface area contributed by atoms with E-state index in [-0.39, 0.29) is 24.4 Å². The molecule has 0 aliphatic carbocycles. The number of aryl methyl sites for hydroxylation is 2. The number of hydrogen-bond donors (Lipinski definition) is 0. The van der Waals surface area contributed by atoms with Crippen LogP contribution in [0.3, 0.4) is 0 Å². The lowest BCUT2D eigenvalue weighted by molar-refractivity contribution is -0.134. The fourth-order valence-corrected chi connectivity index (χ4v) is 6.38. The molecule has 3 aromatic rings. The van der Waals surface area contributed by atoms with E-state index >= 15 is 0 Å². The fourth-order valence-electron chi connectivity index (χ4n) is 5.76. The summed E-state index contributed by atoms with van der Waals surface area (Å²) in [5, 5.41) is 7.54. The molecule has 0 spiro atoms. The average Bonchev–Trinajstić information content (AvgIpc) is 3.49. The van der Waals surface area contributed by atoms with Gasteiger partial charge in [0.25, 0.3) is 0 Å². The third kappa shape index (κ3) is 5.75. The van der Waals surface area contributed by atoms with Crippen molar-refractivity contribution in [2.24, 2.45) is 0 Å². The molecular weight excluding hydrogens is 486 g/mol. The summed E-state index contributed by atoms with van der Waals surface area (Å²) < 4.78 is 1.69. The molecular formula is C27H35N7O2S. The molecule has 196 valence electrons. The molecule has 9 nitrogen and oxygen atoms in total. The number of carbonyl (C=O) groups is 2. The van der Waals surface area contributed by atoms with Gasteiger partial charge in [0.2, 0.25) is 11.8 Å². The third-order valence-corrected chi connectivity index (χ3v) is 8.32. The van der Waals surface area contributed by atoms with E-state index in [4.69, 9.17) is 0 Å². The van der Waals surface area contributed by atoms with E-state index in [1.54, 1.807) is 22.9 Å².